The molecule has 138 valence electrons. The van der Waals surface area contributed by atoms with E-state index in [1.54, 1.807) is 28.9 Å². The highest BCUT2D eigenvalue weighted by molar-refractivity contribution is 6.47. The lowest BCUT2D eigenvalue weighted by atomic mass is 10.1. The minimum absolute atomic E-state index is 0.330. The molecule has 0 spiro atoms. The van der Waals surface area contributed by atoms with E-state index in [0.29, 0.717) is 16.9 Å². The van der Waals surface area contributed by atoms with Crippen molar-refractivity contribution >= 4 is 22.9 Å². The Balaban J connectivity index is 1.79. The predicted molar refractivity (Wildman–Crippen MR) is 110 cm³/mol. The Bertz CT molecular complexity index is 1180. The molecule has 28 heavy (non-hydrogen) atoms. The van der Waals surface area contributed by atoms with E-state index < -0.39 is 11.7 Å². The summed E-state index contributed by atoms with van der Waals surface area (Å²) < 4.78 is 1.77. The normalized spacial score (nSPS) is 10.8. The van der Waals surface area contributed by atoms with E-state index in [0.717, 1.165) is 22.2 Å². The van der Waals surface area contributed by atoms with Crippen LogP contribution in [-0.2, 0) is 4.79 Å². The molecule has 1 amide bonds. The van der Waals surface area contributed by atoms with E-state index in [-0.39, 0.29) is 0 Å². The highest BCUT2D eigenvalue weighted by atomic mass is 16.2. The van der Waals surface area contributed by atoms with Gasteiger partial charge in [-0.05, 0) is 49.7 Å². The van der Waals surface area contributed by atoms with Gasteiger partial charge in [-0.3, -0.25) is 14.6 Å². The number of rotatable bonds is 4. The molecule has 4 aromatic rings. The van der Waals surface area contributed by atoms with Gasteiger partial charge in [0.1, 0.15) is 5.69 Å². The highest BCUT2D eigenvalue weighted by Crippen LogP contribution is 2.28. The van der Waals surface area contributed by atoms with Crippen LogP contribution in [0.5, 0.6) is 0 Å². The summed E-state index contributed by atoms with van der Waals surface area (Å²) in [7, 11) is 0. The molecule has 5 heteroatoms. The van der Waals surface area contributed by atoms with Crippen molar-refractivity contribution in [3.63, 3.8) is 0 Å². The molecule has 4 rings (SSSR count). The molecule has 0 unspecified atom stereocenters. The number of benzene rings is 1. The molecule has 0 aliphatic rings. The molecule has 0 aliphatic heterocycles. The molecular formula is C23H19N3O2. The molecule has 0 radical (unpaired) electrons. The topological polar surface area (TPSA) is 63.5 Å². The van der Waals surface area contributed by atoms with E-state index in [9.17, 15) is 9.59 Å². The maximum absolute atomic E-state index is 13.1. The van der Waals surface area contributed by atoms with E-state index in [4.69, 9.17) is 0 Å². The standard InChI is InChI=1S/C23H19N3O2/c1-15-5-8-18(9-6-15)25-23(28)22(27)21-20(17-4-3-11-24-13-17)12-19-10-7-16(2)14-26(19)21/h3-14H,1-2H3,(H,25,28). The number of hydrogen-bond acceptors (Lipinski definition) is 3. The van der Waals surface area contributed by atoms with Crippen molar-refractivity contribution in [1.82, 2.24) is 9.38 Å². The lowest BCUT2D eigenvalue weighted by molar-refractivity contribution is -0.112. The molecule has 0 saturated carbocycles. The van der Waals surface area contributed by atoms with Crippen molar-refractivity contribution in [2.75, 3.05) is 5.32 Å². The third kappa shape index (κ3) is 3.30. The molecule has 0 fully saturated rings. The number of aromatic nitrogens is 2. The van der Waals surface area contributed by atoms with Crippen LogP contribution in [-0.4, -0.2) is 21.1 Å². The number of amides is 1. The highest BCUT2D eigenvalue weighted by Gasteiger charge is 2.25. The number of pyridine rings is 2. The van der Waals surface area contributed by atoms with E-state index in [1.165, 1.54) is 0 Å². The van der Waals surface area contributed by atoms with Gasteiger partial charge >= 0.3 is 0 Å². The first-order valence-electron chi connectivity index (χ1n) is 8.97. The number of nitrogens with one attached hydrogen (secondary N) is 1. The number of Topliss-reactive ketones (excluding diaryl/α,β-unsaturated/α-hetero) is 1. The molecule has 5 nitrogen and oxygen atoms in total. The number of fused-ring (bicyclic) bond motifs is 1. The average Bonchev–Trinajstić information content (AvgIpc) is 3.08. The maximum atomic E-state index is 13.1. The number of ketones is 1. The molecule has 0 bridgehead atoms. The van der Waals surface area contributed by atoms with Crippen molar-refractivity contribution in [3.05, 3.63) is 90.0 Å². The van der Waals surface area contributed by atoms with Gasteiger partial charge in [0.15, 0.2) is 0 Å². The molecule has 3 aromatic heterocycles. The average molecular weight is 369 g/mol. The Kier molecular flexibility index (Phi) is 4.49. The number of aryl methyl sites for hydroxylation is 2. The zero-order valence-electron chi connectivity index (χ0n) is 15.6. The van der Waals surface area contributed by atoms with Crippen LogP contribution in [0.15, 0.2) is 73.2 Å². The van der Waals surface area contributed by atoms with E-state index in [2.05, 4.69) is 10.3 Å². The van der Waals surface area contributed by atoms with Crippen molar-refractivity contribution in [1.29, 1.82) is 0 Å². The first-order valence-corrected chi connectivity index (χ1v) is 8.97. The Morgan fingerprint density at radius 3 is 2.43 bits per heavy atom. The molecule has 3 heterocycles. The Labute approximate surface area is 162 Å². The summed E-state index contributed by atoms with van der Waals surface area (Å²) in [6.45, 7) is 3.91. The summed E-state index contributed by atoms with van der Waals surface area (Å²) in [6, 6.07) is 16.8. The monoisotopic (exact) mass is 369 g/mol. The van der Waals surface area contributed by atoms with Crippen molar-refractivity contribution in [2.45, 2.75) is 13.8 Å². The minimum atomic E-state index is -0.671. The summed E-state index contributed by atoms with van der Waals surface area (Å²) >= 11 is 0. The fraction of sp³-hybridized carbons (Fsp3) is 0.0870. The van der Waals surface area contributed by atoms with Gasteiger partial charge in [-0.2, -0.15) is 0 Å². The quantitative estimate of drug-likeness (QED) is 0.427. The van der Waals surface area contributed by atoms with Gasteiger partial charge in [0.05, 0.1) is 0 Å². The van der Waals surface area contributed by atoms with Gasteiger partial charge in [0.25, 0.3) is 11.7 Å². The van der Waals surface area contributed by atoms with Crippen LogP contribution < -0.4 is 5.32 Å². The largest absolute Gasteiger partial charge is 0.319 e. The van der Waals surface area contributed by atoms with Gasteiger partial charge in [0, 0.05) is 40.9 Å². The second kappa shape index (κ2) is 7.12. The fourth-order valence-corrected chi connectivity index (χ4v) is 3.18. The number of hydrogen-bond donors (Lipinski definition) is 1. The Hall–Kier alpha value is -3.73. The van der Waals surface area contributed by atoms with Crippen molar-refractivity contribution < 1.29 is 9.59 Å². The van der Waals surface area contributed by atoms with Crippen LogP contribution in [0.2, 0.25) is 0 Å². The molecular weight excluding hydrogens is 350 g/mol. The van der Waals surface area contributed by atoms with Crippen LogP contribution in [0.1, 0.15) is 21.6 Å². The van der Waals surface area contributed by atoms with Crippen LogP contribution in [0.4, 0.5) is 5.69 Å². The van der Waals surface area contributed by atoms with Crippen LogP contribution in [0, 0.1) is 13.8 Å². The van der Waals surface area contributed by atoms with Gasteiger partial charge < -0.3 is 9.72 Å². The van der Waals surface area contributed by atoms with Gasteiger partial charge in [0.2, 0.25) is 0 Å². The summed E-state index contributed by atoms with van der Waals surface area (Å²) in [5.74, 6) is -1.26. The summed E-state index contributed by atoms with van der Waals surface area (Å²) in [5, 5.41) is 2.70. The maximum Gasteiger partial charge on any atom is 0.298 e. The molecule has 0 aliphatic carbocycles. The molecule has 0 atom stereocenters. The molecule has 1 N–H and O–H groups in total. The number of carbonyl (C=O) groups is 2. The van der Waals surface area contributed by atoms with E-state index >= 15 is 0 Å². The van der Waals surface area contributed by atoms with E-state index in [1.807, 2.05) is 62.5 Å². The number of carbonyl (C=O) groups excluding carboxylic acids is 2. The van der Waals surface area contributed by atoms with Crippen LogP contribution in [0.25, 0.3) is 16.6 Å². The minimum Gasteiger partial charge on any atom is -0.319 e. The smallest absolute Gasteiger partial charge is 0.298 e. The lowest BCUT2D eigenvalue weighted by Gasteiger charge is -2.08. The third-order valence-corrected chi connectivity index (χ3v) is 4.62. The van der Waals surface area contributed by atoms with Gasteiger partial charge in [-0.1, -0.05) is 29.8 Å². The van der Waals surface area contributed by atoms with Crippen LogP contribution >= 0.6 is 0 Å². The Morgan fingerprint density at radius 2 is 1.71 bits per heavy atom. The zero-order valence-corrected chi connectivity index (χ0v) is 15.6. The molecule has 1 aromatic carbocycles. The SMILES string of the molecule is Cc1ccc(NC(=O)C(=O)c2c(-c3cccnc3)cc3ccc(C)cn23)cc1. The molecule has 0 saturated heterocycles. The lowest BCUT2D eigenvalue weighted by Crippen LogP contribution is -2.24. The summed E-state index contributed by atoms with van der Waals surface area (Å²) in [5.41, 5.74) is 5.30. The second-order valence-corrected chi connectivity index (χ2v) is 6.80. The van der Waals surface area contributed by atoms with Gasteiger partial charge in [-0.25, -0.2) is 0 Å². The summed E-state index contributed by atoms with van der Waals surface area (Å²) in [4.78, 5) is 30.0. The van der Waals surface area contributed by atoms with Gasteiger partial charge in [-0.15, -0.1) is 0 Å². The predicted octanol–water partition coefficient (Wildman–Crippen LogP) is 4.44. The fourth-order valence-electron chi connectivity index (χ4n) is 3.18. The van der Waals surface area contributed by atoms with Crippen molar-refractivity contribution in [2.24, 2.45) is 0 Å². The number of anilines is 1. The van der Waals surface area contributed by atoms with Crippen molar-refractivity contribution in [3.8, 4) is 11.1 Å². The number of nitrogens with zero attached hydrogens (tertiary/aromatic N) is 2. The summed E-state index contributed by atoms with van der Waals surface area (Å²) in [6.07, 6.45) is 5.23. The second-order valence-electron chi connectivity index (χ2n) is 6.80. The zero-order chi connectivity index (χ0) is 19.7. The van der Waals surface area contributed by atoms with Crippen LogP contribution in [0.3, 0.4) is 0 Å². The third-order valence-electron chi connectivity index (χ3n) is 4.62. The first kappa shape index (κ1) is 17.7. The first-order chi connectivity index (χ1) is 13.5. The Morgan fingerprint density at radius 1 is 0.964 bits per heavy atom.